The minimum atomic E-state index is -1.08. The Hall–Kier alpha value is -0.800. The van der Waals surface area contributed by atoms with Crippen LogP contribution in [0.5, 0.6) is 0 Å². The van der Waals surface area contributed by atoms with Gasteiger partial charge in [-0.2, -0.15) is 0 Å². The summed E-state index contributed by atoms with van der Waals surface area (Å²) in [7, 11) is 15.9. The molecular formula is C44H82O20. The summed E-state index contributed by atoms with van der Waals surface area (Å²) in [6, 6.07) is 0. The fourth-order valence-electron chi connectivity index (χ4n) is 10.3. The predicted octanol–water partition coefficient (Wildman–Crippen LogP) is -0.384. The molecule has 0 saturated carbocycles. The molecule has 20 atom stereocenters. The van der Waals surface area contributed by atoms with Crippen molar-refractivity contribution in [3.8, 4) is 0 Å². The smallest absolute Gasteiger partial charge is 0.112 e. The summed E-state index contributed by atoms with van der Waals surface area (Å²) in [5.74, 6) is -0.940. The van der Waals surface area contributed by atoms with E-state index in [1.165, 1.54) is 7.11 Å². The van der Waals surface area contributed by atoms with Gasteiger partial charge in [-0.3, -0.25) is 0 Å². The summed E-state index contributed by atoms with van der Waals surface area (Å²) in [4.78, 5) is 0. The molecule has 0 aliphatic carbocycles. The molecule has 20 nitrogen and oxygen atoms in total. The average Bonchev–Trinajstić information content (AvgIpc) is 3.28. The molecule has 0 radical (unpaired) electrons. The van der Waals surface area contributed by atoms with Crippen molar-refractivity contribution in [3.63, 3.8) is 0 Å². The molecule has 0 aromatic heterocycles. The summed E-state index contributed by atoms with van der Waals surface area (Å²) in [5.41, 5.74) is 0. The van der Waals surface area contributed by atoms with Crippen LogP contribution in [0.15, 0.2) is 0 Å². The average molecular weight is 931 g/mol. The molecule has 4 aliphatic heterocycles. The molecule has 20 heteroatoms. The van der Waals surface area contributed by atoms with Crippen LogP contribution in [0.1, 0.15) is 13.8 Å². The Balaban J connectivity index is 1.37. The van der Waals surface area contributed by atoms with E-state index in [0.29, 0.717) is 6.61 Å². The first-order valence-corrected chi connectivity index (χ1v) is 22.4. The number of aliphatic hydroxyl groups excluding tert-OH is 3. The molecule has 0 spiro atoms. The molecule has 3 N–H and O–H groups in total. The molecule has 4 rings (SSSR count). The second-order valence-electron chi connectivity index (χ2n) is 17.5. The minimum Gasteiger partial charge on any atom is -0.394 e. The SMILES string of the molecule is COCC1OC(COCC2C(COC)OC(COCC3C(COC)OC(CO)C(OC)C3OC)C(OC)C2OC)C(O)C(OC)C1COCC1OC(COC)C(C(C)C)C(OC)C1O. The van der Waals surface area contributed by atoms with Gasteiger partial charge < -0.3 is 95.8 Å². The van der Waals surface area contributed by atoms with Gasteiger partial charge in [-0.15, -0.1) is 0 Å². The van der Waals surface area contributed by atoms with E-state index in [0.717, 1.165) is 0 Å². The first kappa shape index (κ1) is 55.8. The Morgan fingerprint density at radius 1 is 0.359 bits per heavy atom. The maximum atomic E-state index is 11.6. The van der Waals surface area contributed by atoms with Crippen LogP contribution in [0.3, 0.4) is 0 Å². The standard InChI is InChI=1S/C44H82O20/c1-24(2)36-32(20-51-6)64-34(38(47)44(36)57-12)22-58-14-25-29(17-48-3)62-33(37(46)39(25)52-7)21-59-15-27-31(19-50-5)63-35(43(56-11)41(27)54-9)23-60-16-26-30(18-49-4)61-28(13-45)42(55-10)40(26)53-8/h24-47H,13-23H2,1-12H3. The van der Waals surface area contributed by atoms with Crippen LogP contribution < -0.4 is 0 Å². The van der Waals surface area contributed by atoms with Gasteiger partial charge in [-0.05, 0) is 5.92 Å². The molecule has 64 heavy (non-hydrogen) atoms. The Morgan fingerprint density at radius 2 is 0.688 bits per heavy atom. The molecule has 4 heterocycles. The normalized spacial score (nSPS) is 40.9. The molecule has 0 aromatic carbocycles. The Labute approximate surface area is 380 Å². The van der Waals surface area contributed by atoms with Crippen molar-refractivity contribution in [2.24, 2.45) is 29.6 Å². The third-order valence-corrected chi connectivity index (χ3v) is 13.4. The highest BCUT2D eigenvalue weighted by Gasteiger charge is 2.51. The van der Waals surface area contributed by atoms with E-state index in [2.05, 4.69) is 13.8 Å². The van der Waals surface area contributed by atoms with Crippen LogP contribution in [-0.2, 0) is 80.5 Å². The van der Waals surface area contributed by atoms with Crippen molar-refractivity contribution in [1.82, 2.24) is 0 Å². The van der Waals surface area contributed by atoms with Gasteiger partial charge in [-0.25, -0.2) is 0 Å². The number of methoxy groups -OCH3 is 10. The second-order valence-corrected chi connectivity index (χ2v) is 17.5. The third-order valence-electron chi connectivity index (χ3n) is 13.4. The lowest BCUT2D eigenvalue weighted by molar-refractivity contribution is -0.261. The van der Waals surface area contributed by atoms with Gasteiger partial charge in [0, 0.05) is 94.8 Å². The molecule has 4 aliphatic rings. The summed E-state index contributed by atoms with van der Waals surface area (Å²) in [5, 5.41) is 32.9. The van der Waals surface area contributed by atoms with Gasteiger partial charge in [0.1, 0.15) is 48.8 Å². The van der Waals surface area contributed by atoms with E-state index in [4.69, 9.17) is 80.5 Å². The van der Waals surface area contributed by atoms with Crippen LogP contribution in [0.4, 0.5) is 0 Å². The summed E-state index contributed by atoms with van der Waals surface area (Å²) in [6.45, 7) is 5.75. The Bertz CT molecular complexity index is 1240. The van der Waals surface area contributed by atoms with E-state index in [9.17, 15) is 15.3 Å². The molecule has 0 amide bonds. The molecule has 0 aromatic rings. The number of hydrogen-bond donors (Lipinski definition) is 3. The molecule has 20 unspecified atom stereocenters. The number of rotatable bonds is 28. The molecular weight excluding hydrogens is 848 g/mol. The van der Waals surface area contributed by atoms with E-state index >= 15 is 0 Å². The van der Waals surface area contributed by atoms with E-state index in [-0.39, 0.29) is 95.8 Å². The van der Waals surface area contributed by atoms with Crippen LogP contribution in [0, 0.1) is 29.6 Å². The quantitative estimate of drug-likeness (QED) is 0.0911. The lowest BCUT2D eigenvalue weighted by Gasteiger charge is -2.47. The van der Waals surface area contributed by atoms with Crippen molar-refractivity contribution in [2.45, 2.75) is 112 Å². The van der Waals surface area contributed by atoms with Gasteiger partial charge in [-0.1, -0.05) is 13.8 Å². The van der Waals surface area contributed by atoms with Crippen molar-refractivity contribution >= 4 is 0 Å². The van der Waals surface area contributed by atoms with Gasteiger partial charge >= 0.3 is 0 Å². The summed E-state index contributed by atoms with van der Waals surface area (Å²) >= 11 is 0. The van der Waals surface area contributed by atoms with E-state index < -0.39 is 97.5 Å². The number of ether oxygens (including phenoxy) is 17. The van der Waals surface area contributed by atoms with Crippen LogP contribution >= 0.6 is 0 Å². The van der Waals surface area contributed by atoms with Gasteiger partial charge in [0.15, 0.2) is 0 Å². The molecule has 4 saturated heterocycles. The lowest BCUT2D eigenvalue weighted by Crippen LogP contribution is -2.61. The van der Waals surface area contributed by atoms with Crippen molar-refractivity contribution in [2.75, 3.05) is 144 Å². The Morgan fingerprint density at radius 3 is 1.08 bits per heavy atom. The highest BCUT2D eigenvalue weighted by atomic mass is 16.6. The fourth-order valence-corrected chi connectivity index (χ4v) is 10.3. The van der Waals surface area contributed by atoms with E-state index in [1.807, 2.05) is 0 Å². The van der Waals surface area contributed by atoms with Gasteiger partial charge in [0.05, 0.1) is 122 Å². The Kier molecular flexibility index (Phi) is 25.0. The van der Waals surface area contributed by atoms with Crippen LogP contribution in [-0.4, -0.2) is 257 Å². The predicted molar refractivity (Wildman–Crippen MR) is 227 cm³/mol. The van der Waals surface area contributed by atoms with Crippen molar-refractivity contribution in [1.29, 1.82) is 0 Å². The third kappa shape index (κ3) is 13.7. The zero-order valence-electron chi connectivity index (χ0n) is 40.2. The highest BCUT2D eigenvalue weighted by Crippen LogP contribution is 2.36. The number of hydrogen-bond acceptors (Lipinski definition) is 20. The second kappa shape index (κ2) is 28.6. The fraction of sp³-hybridized carbons (Fsp3) is 1.00. The van der Waals surface area contributed by atoms with Crippen LogP contribution in [0.2, 0.25) is 0 Å². The first-order chi connectivity index (χ1) is 31.0. The van der Waals surface area contributed by atoms with Crippen molar-refractivity contribution in [3.05, 3.63) is 0 Å². The zero-order valence-corrected chi connectivity index (χ0v) is 40.2. The highest BCUT2D eigenvalue weighted by molar-refractivity contribution is 4.98. The summed E-state index contributed by atoms with van der Waals surface area (Å²) < 4.78 is 102. The first-order valence-electron chi connectivity index (χ1n) is 22.4. The monoisotopic (exact) mass is 931 g/mol. The van der Waals surface area contributed by atoms with Gasteiger partial charge in [0.2, 0.25) is 0 Å². The minimum absolute atomic E-state index is 0.0242. The zero-order chi connectivity index (χ0) is 46.9. The molecule has 378 valence electrons. The van der Waals surface area contributed by atoms with Crippen molar-refractivity contribution < 1.29 is 95.8 Å². The summed E-state index contributed by atoms with van der Waals surface area (Å²) in [6.07, 6.45) is -9.38. The largest absolute Gasteiger partial charge is 0.394 e. The molecule has 4 fully saturated rings. The maximum Gasteiger partial charge on any atom is 0.112 e. The van der Waals surface area contributed by atoms with E-state index in [1.54, 1.807) is 64.0 Å². The van der Waals surface area contributed by atoms with Gasteiger partial charge in [0.25, 0.3) is 0 Å². The molecule has 0 bridgehead atoms. The lowest BCUT2D eigenvalue weighted by atomic mass is 9.79. The number of aliphatic hydroxyl groups is 3. The maximum absolute atomic E-state index is 11.6. The topological polar surface area (TPSA) is 218 Å². The van der Waals surface area contributed by atoms with Crippen LogP contribution in [0.25, 0.3) is 0 Å².